The van der Waals surface area contributed by atoms with E-state index in [1.165, 1.54) is 49.4 Å². The first-order chi connectivity index (χ1) is 19.1. The quantitative estimate of drug-likeness (QED) is 0.145. The molecule has 1 amide bonds. The molecule has 1 aliphatic carbocycles. The number of hydrogen-bond acceptors (Lipinski definition) is 6. The molecule has 5 rings (SSSR count). The summed E-state index contributed by atoms with van der Waals surface area (Å²) in [7, 11) is 1.61. The van der Waals surface area contributed by atoms with Crippen molar-refractivity contribution in [3.8, 4) is 17.2 Å². The zero-order valence-electron chi connectivity index (χ0n) is 22.1. The molecule has 7 heteroatoms. The minimum atomic E-state index is -0.0860. The summed E-state index contributed by atoms with van der Waals surface area (Å²) in [6, 6.07) is 24.0. The summed E-state index contributed by atoms with van der Waals surface area (Å²) in [5.41, 5.74) is 3.30. The lowest BCUT2D eigenvalue weighted by atomic mass is 9.84. The number of hydrogen-bond donors (Lipinski definition) is 0. The van der Waals surface area contributed by atoms with Gasteiger partial charge in [0.1, 0.15) is 23.3 Å². The third kappa shape index (κ3) is 7.02. The van der Waals surface area contributed by atoms with E-state index in [0.29, 0.717) is 46.4 Å². The number of thiocarbonyl (C=S) groups is 1. The molecule has 0 spiro atoms. The minimum Gasteiger partial charge on any atom is -0.493 e. The van der Waals surface area contributed by atoms with Crippen molar-refractivity contribution in [1.29, 1.82) is 0 Å². The molecule has 1 saturated heterocycles. The summed E-state index contributed by atoms with van der Waals surface area (Å²) in [5.74, 6) is 2.68. The van der Waals surface area contributed by atoms with Gasteiger partial charge in [-0.1, -0.05) is 91.8 Å². The Hall–Kier alpha value is -3.29. The standard InChI is InChI=1S/C32H33NO4S2/c1-35-29-20-24(21-30-31(34)33(32(38)39-30)22-23-8-4-2-5-9-23)12-17-28(29)37-19-18-36-27-15-13-26(14-16-27)25-10-6-3-7-11-25/h2,4-5,8-9,12-17,20-21,25H,3,6-7,10-11,18-19,22H2,1H3/b30-21-. The number of thioether (sulfide) groups is 1. The molecule has 3 aromatic carbocycles. The van der Waals surface area contributed by atoms with Crippen LogP contribution in [0.1, 0.15) is 54.7 Å². The topological polar surface area (TPSA) is 48.0 Å². The maximum Gasteiger partial charge on any atom is 0.266 e. The molecular weight excluding hydrogens is 526 g/mol. The maximum atomic E-state index is 13.0. The molecule has 5 nitrogen and oxygen atoms in total. The van der Waals surface area contributed by atoms with Crippen molar-refractivity contribution in [3.63, 3.8) is 0 Å². The predicted molar refractivity (Wildman–Crippen MR) is 161 cm³/mol. The van der Waals surface area contributed by atoms with E-state index in [4.69, 9.17) is 26.4 Å². The van der Waals surface area contributed by atoms with Gasteiger partial charge in [0.25, 0.3) is 5.91 Å². The largest absolute Gasteiger partial charge is 0.493 e. The molecule has 0 aromatic heterocycles. The molecule has 0 atom stereocenters. The van der Waals surface area contributed by atoms with E-state index in [2.05, 4.69) is 24.3 Å². The van der Waals surface area contributed by atoms with Gasteiger partial charge in [-0.25, -0.2) is 0 Å². The molecule has 0 unspecified atom stereocenters. The highest BCUT2D eigenvalue weighted by atomic mass is 32.2. The first-order valence-electron chi connectivity index (χ1n) is 13.4. The van der Waals surface area contributed by atoms with E-state index in [9.17, 15) is 4.79 Å². The van der Waals surface area contributed by atoms with Gasteiger partial charge in [-0.3, -0.25) is 9.69 Å². The molecule has 0 bridgehead atoms. The van der Waals surface area contributed by atoms with Crippen molar-refractivity contribution in [1.82, 2.24) is 4.90 Å². The Balaban J connectivity index is 1.14. The maximum absolute atomic E-state index is 13.0. The fourth-order valence-corrected chi connectivity index (χ4v) is 6.29. The highest BCUT2D eigenvalue weighted by molar-refractivity contribution is 8.26. The first-order valence-corrected chi connectivity index (χ1v) is 14.7. The summed E-state index contributed by atoms with van der Waals surface area (Å²) >= 11 is 6.80. The van der Waals surface area contributed by atoms with Crippen LogP contribution in [0, 0.1) is 0 Å². The highest BCUT2D eigenvalue weighted by Crippen LogP contribution is 2.36. The fraction of sp³-hybridized carbons (Fsp3) is 0.312. The van der Waals surface area contributed by atoms with Gasteiger partial charge in [0.05, 0.1) is 18.6 Å². The van der Waals surface area contributed by atoms with Crippen LogP contribution < -0.4 is 14.2 Å². The van der Waals surface area contributed by atoms with Gasteiger partial charge in [0, 0.05) is 0 Å². The third-order valence-corrected chi connectivity index (χ3v) is 8.49. The van der Waals surface area contributed by atoms with Crippen LogP contribution >= 0.6 is 24.0 Å². The summed E-state index contributed by atoms with van der Waals surface area (Å²) < 4.78 is 18.0. The van der Waals surface area contributed by atoms with Crippen molar-refractivity contribution in [2.24, 2.45) is 0 Å². The minimum absolute atomic E-state index is 0.0860. The van der Waals surface area contributed by atoms with Crippen LogP contribution in [0.25, 0.3) is 6.08 Å². The van der Waals surface area contributed by atoms with Crippen molar-refractivity contribution < 1.29 is 19.0 Å². The SMILES string of the molecule is COc1cc(/C=C2\SC(=S)N(Cc3ccccc3)C2=O)ccc1OCCOc1ccc(C2CCCCC2)cc1. The third-order valence-electron chi connectivity index (χ3n) is 7.11. The second-order valence-electron chi connectivity index (χ2n) is 9.76. The van der Waals surface area contributed by atoms with Gasteiger partial charge in [-0.05, 0) is 65.8 Å². The Bertz CT molecular complexity index is 1320. The number of methoxy groups -OCH3 is 1. The molecule has 202 valence electrons. The van der Waals surface area contributed by atoms with Crippen LogP contribution in [-0.2, 0) is 11.3 Å². The average molecular weight is 560 g/mol. The second kappa shape index (κ2) is 13.2. The van der Waals surface area contributed by atoms with E-state index < -0.39 is 0 Å². The van der Waals surface area contributed by atoms with Crippen molar-refractivity contribution >= 4 is 40.3 Å². The van der Waals surface area contributed by atoms with Gasteiger partial charge in [-0.15, -0.1) is 0 Å². The number of ether oxygens (including phenoxy) is 3. The van der Waals surface area contributed by atoms with Gasteiger partial charge < -0.3 is 14.2 Å². The average Bonchev–Trinajstić information content (AvgIpc) is 3.24. The smallest absolute Gasteiger partial charge is 0.266 e. The highest BCUT2D eigenvalue weighted by Gasteiger charge is 2.32. The van der Waals surface area contributed by atoms with Gasteiger partial charge in [0.2, 0.25) is 0 Å². The number of carbonyl (C=O) groups is 1. The van der Waals surface area contributed by atoms with Gasteiger partial charge >= 0.3 is 0 Å². The molecule has 0 N–H and O–H groups in total. The Morgan fingerprint density at radius 1 is 0.923 bits per heavy atom. The molecular formula is C32H33NO4S2. The molecule has 3 aromatic rings. The van der Waals surface area contributed by atoms with E-state index in [1.807, 2.05) is 54.6 Å². The Labute approximate surface area is 240 Å². The molecule has 1 aliphatic heterocycles. The van der Waals surface area contributed by atoms with Crippen molar-refractivity contribution in [3.05, 3.63) is 94.4 Å². The summed E-state index contributed by atoms with van der Waals surface area (Å²) in [4.78, 5) is 15.2. The number of benzene rings is 3. The molecule has 2 fully saturated rings. The fourth-order valence-electron chi connectivity index (χ4n) is 5.03. The van der Waals surface area contributed by atoms with Crippen LogP contribution in [-0.4, -0.2) is 35.5 Å². The molecule has 1 heterocycles. The van der Waals surface area contributed by atoms with E-state index in [0.717, 1.165) is 16.9 Å². The number of carbonyl (C=O) groups excluding carboxylic acids is 1. The molecule has 39 heavy (non-hydrogen) atoms. The van der Waals surface area contributed by atoms with Crippen LogP contribution in [0.5, 0.6) is 17.2 Å². The van der Waals surface area contributed by atoms with Crippen LogP contribution in [0.2, 0.25) is 0 Å². The van der Waals surface area contributed by atoms with E-state index in [-0.39, 0.29) is 5.91 Å². The molecule has 2 aliphatic rings. The number of nitrogens with zero attached hydrogens (tertiary/aromatic N) is 1. The van der Waals surface area contributed by atoms with Crippen molar-refractivity contribution in [2.45, 2.75) is 44.6 Å². The van der Waals surface area contributed by atoms with E-state index >= 15 is 0 Å². The lowest BCUT2D eigenvalue weighted by molar-refractivity contribution is -0.122. The number of amides is 1. The van der Waals surface area contributed by atoms with Crippen LogP contribution in [0.3, 0.4) is 0 Å². The lowest BCUT2D eigenvalue weighted by Gasteiger charge is -2.22. The zero-order chi connectivity index (χ0) is 27.0. The monoisotopic (exact) mass is 559 g/mol. The summed E-state index contributed by atoms with van der Waals surface area (Å²) in [6.07, 6.45) is 8.46. The van der Waals surface area contributed by atoms with E-state index in [1.54, 1.807) is 12.0 Å². The van der Waals surface area contributed by atoms with Crippen LogP contribution in [0.4, 0.5) is 0 Å². The molecule has 1 saturated carbocycles. The normalized spacial score (nSPS) is 17.1. The zero-order valence-corrected chi connectivity index (χ0v) is 23.8. The lowest BCUT2D eigenvalue weighted by Crippen LogP contribution is -2.27. The summed E-state index contributed by atoms with van der Waals surface area (Å²) in [6.45, 7) is 1.28. The van der Waals surface area contributed by atoms with Crippen LogP contribution in [0.15, 0.2) is 77.7 Å². The Morgan fingerprint density at radius 2 is 1.67 bits per heavy atom. The van der Waals surface area contributed by atoms with Crippen molar-refractivity contribution in [2.75, 3.05) is 20.3 Å². The predicted octanol–water partition coefficient (Wildman–Crippen LogP) is 7.60. The summed E-state index contributed by atoms with van der Waals surface area (Å²) in [5, 5.41) is 0. The number of rotatable bonds is 10. The Kier molecular flexibility index (Phi) is 9.22. The second-order valence-corrected chi connectivity index (χ2v) is 11.4. The van der Waals surface area contributed by atoms with Gasteiger partial charge in [0.15, 0.2) is 11.5 Å². The van der Waals surface area contributed by atoms with Gasteiger partial charge in [-0.2, -0.15) is 0 Å². The molecule has 0 radical (unpaired) electrons. The first kappa shape index (κ1) is 27.3. The Morgan fingerprint density at radius 3 is 2.41 bits per heavy atom.